The van der Waals surface area contributed by atoms with Gasteiger partial charge in [-0.2, -0.15) is 0 Å². The molecule has 0 aliphatic heterocycles. The van der Waals surface area contributed by atoms with Crippen molar-refractivity contribution in [3.8, 4) is 16.9 Å². The molecular formula is C20H18O5S3. The van der Waals surface area contributed by atoms with E-state index in [0.29, 0.717) is 9.77 Å². The van der Waals surface area contributed by atoms with Gasteiger partial charge in [-0.15, -0.1) is 23.1 Å². The molecule has 2 aromatic carbocycles. The summed E-state index contributed by atoms with van der Waals surface area (Å²) in [6, 6.07) is 14.8. The Bertz CT molecular complexity index is 1100. The van der Waals surface area contributed by atoms with Gasteiger partial charge in [-0.05, 0) is 48.6 Å². The van der Waals surface area contributed by atoms with E-state index in [0.717, 1.165) is 16.9 Å². The molecule has 0 saturated carbocycles. The van der Waals surface area contributed by atoms with E-state index in [1.807, 2.05) is 30.3 Å². The van der Waals surface area contributed by atoms with Gasteiger partial charge in [0.25, 0.3) is 0 Å². The fraction of sp³-hybridized carbons (Fsp3) is 0.150. The first-order chi connectivity index (χ1) is 13.4. The number of hydrogen-bond donors (Lipinski definition) is 1. The Hall–Kier alpha value is -2.29. The second kappa shape index (κ2) is 8.38. The molecule has 5 nitrogen and oxygen atoms in total. The SMILES string of the molecule is CCOC(=O)c1cc(S(=O)(=O)c2cc(O)cc(-c3ccccc3)c2)c(SC)s1. The molecule has 0 atom stereocenters. The lowest BCUT2D eigenvalue weighted by molar-refractivity contribution is 0.0532. The maximum Gasteiger partial charge on any atom is 0.348 e. The average molecular weight is 435 g/mol. The molecule has 3 rings (SSSR count). The Morgan fingerprint density at radius 1 is 1.11 bits per heavy atom. The van der Waals surface area contributed by atoms with Crippen molar-refractivity contribution < 1.29 is 23.1 Å². The minimum Gasteiger partial charge on any atom is -0.508 e. The van der Waals surface area contributed by atoms with E-state index in [1.165, 1.54) is 36.0 Å². The molecule has 8 heteroatoms. The van der Waals surface area contributed by atoms with Crippen LogP contribution in [0.1, 0.15) is 16.6 Å². The fourth-order valence-electron chi connectivity index (χ4n) is 2.65. The van der Waals surface area contributed by atoms with Gasteiger partial charge in [0, 0.05) is 0 Å². The molecule has 1 aromatic heterocycles. The number of esters is 1. The van der Waals surface area contributed by atoms with Gasteiger partial charge < -0.3 is 9.84 Å². The zero-order valence-corrected chi connectivity index (χ0v) is 17.7. The highest BCUT2D eigenvalue weighted by Crippen LogP contribution is 2.39. The molecule has 0 bridgehead atoms. The van der Waals surface area contributed by atoms with Crippen LogP contribution >= 0.6 is 23.1 Å². The number of carbonyl (C=O) groups is 1. The molecule has 146 valence electrons. The van der Waals surface area contributed by atoms with Gasteiger partial charge >= 0.3 is 5.97 Å². The first kappa shape index (κ1) is 20.4. The van der Waals surface area contributed by atoms with Crippen LogP contribution in [0.25, 0.3) is 11.1 Å². The molecule has 3 aromatic rings. The number of carbonyl (C=O) groups excluding carboxylic acids is 1. The van der Waals surface area contributed by atoms with Crippen molar-refractivity contribution in [2.75, 3.05) is 12.9 Å². The summed E-state index contributed by atoms with van der Waals surface area (Å²) in [4.78, 5) is 12.3. The Morgan fingerprint density at radius 3 is 2.46 bits per heavy atom. The number of benzene rings is 2. The number of phenols is 1. The molecule has 1 heterocycles. The topological polar surface area (TPSA) is 80.7 Å². The summed E-state index contributed by atoms with van der Waals surface area (Å²) < 4.78 is 32.0. The Labute approximate surface area is 171 Å². The van der Waals surface area contributed by atoms with E-state index in [2.05, 4.69) is 0 Å². The molecule has 1 N–H and O–H groups in total. The molecule has 0 spiro atoms. The van der Waals surface area contributed by atoms with E-state index in [4.69, 9.17) is 4.74 Å². The summed E-state index contributed by atoms with van der Waals surface area (Å²) >= 11 is 2.33. The molecule has 0 fully saturated rings. The minimum atomic E-state index is -3.94. The number of sulfone groups is 1. The summed E-state index contributed by atoms with van der Waals surface area (Å²) in [5.74, 6) is -0.698. The first-order valence-electron chi connectivity index (χ1n) is 8.36. The Morgan fingerprint density at radius 2 is 1.82 bits per heavy atom. The monoisotopic (exact) mass is 434 g/mol. The van der Waals surface area contributed by atoms with Gasteiger partial charge in [0.1, 0.15) is 10.6 Å². The van der Waals surface area contributed by atoms with Gasteiger partial charge in [-0.1, -0.05) is 30.3 Å². The quantitative estimate of drug-likeness (QED) is 0.441. The summed E-state index contributed by atoms with van der Waals surface area (Å²) in [6.45, 7) is 1.90. The third-order valence-electron chi connectivity index (χ3n) is 3.93. The molecule has 0 radical (unpaired) electrons. The standard InChI is InChI=1S/C20H18O5S3/c1-3-25-19(22)17-12-18(20(26-2)27-17)28(23,24)16-10-14(9-15(21)11-16)13-7-5-4-6-8-13/h4-12,21H,3H2,1-2H3. The van der Waals surface area contributed by atoms with Crippen LogP contribution in [0.5, 0.6) is 5.75 Å². The van der Waals surface area contributed by atoms with Crippen molar-refractivity contribution in [1.29, 1.82) is 0 Å². The van der Waals surface area contributed by atoms with E-state index in [-0.39, 0.29) is 27.0 Å². The number of rotatable bonds is 6. The average Bonchev–Trinajstić information content (AvgIpc) is 3.14. The van der Waals surface area contributed by atoms with E-state index < -0.39 is 15.8 Å². The zero-order valence-electron chi connectivity index (χ0n) is 15.2. The summed E-state index contributed by atoms with van der Waals surface area (Å²) in [7, 11) is -3.94. The third kappa shape index (κ3) is 4.09. The second-order valence-electron chi connectivity index (χ2n) is 5.77. The van der Waals surface area contributed by atoms with Crippen LogP contribution in [0, 0.1) is 0 Å². The first-order valence-corrected chi connectivity index (χ1v) is 11.9. The Kier molecular flexibility index (Phi) is 6.12. The summed E-state index contributed by atoms with van der Waals surface area (Å²) in [5, 5.41) is 10.1. The highest BCUT2D eigenvalue weighted by molar-refractivity contribution is 8.01. The van der Waals surface area contributed by atoms with Crippen molar-refractivity contribution in [3.05, 3.63) is 59.5 Å². The van der Waals surface area contributed by atoms with Crippen LogP contribution in [0.15, 0.2) is 68.6 Å². The highest BCUT2D eigenvalue weighted by Gasteiger charge is 2.27. The minimum absolute atomic E-state index is 0.0325. The lowest BCUT2D eigenvalue weighted by atomic mass is 10.1. The number of hydrogen-bond acceptors (Lipinski definition) is 7. The summed E-state index contributed by atoms with van der Waals surface area (Å²) in [5.41, 5.74) is 1.38. The van der Waals surface area contributed by atoms with Crippen LogP contribution in [0.4, 0.5) is 0 Å². The van der Waals surface area contributed by atoms with Crippen molar-refractivity contribution in [2.24, 2.45) is 0 Å². The van der Waals surface area contributed by atoms with Crippen molar-refractivity contribution >= 4 is 38.9 Å². The lowest BCUT2D eigenvalue weighted by Crippen LogP contribution is -2.04. The van der Waals surface area contributed by atoms with Crippen LogP contribution in [-0.4, -0.2) is 32.4 Å². The summed E-state index contributed by atoms with van der Waals surface area (Å²) in [6.07, 6.45) is 1.75. The predicted octanol–water partition coefficient (Wildman–Crippen LogP) is 4.85. The highest BCUT2D eigenvalue weighted by atomic mass is 32.2. The maximum absolute atomic E-state index is 13.3. The predicted molar refractivity (Wildman–Crippen MR) is 111 cm³/mol. The van der Waals surface area contributed by atoms with Crippen LogP contribution in [-0.2, 0) is 14.6 Å². The number of thioether (sulfide) groups is 1. The van der Waals surface area contributed by atoms with E-state index in [9.17, 15) is 18.3 Å². The van der Waals surface area contributed by atoms with Crippen molar-refractivity contribution in [2.45, 2.75) is 20.9 Å². The van der Waals surface area contributed by atoms with Gasteiger partial charge in [0.2, 0.25) is 9.84 Å². The van der Waals surface area contributed by atoms with E-state index >= 15 is 0 Å². The van der Waals surface area contributed by atoms with Crippen molar-refractivity contribution in [1.82, 2.24) is 0 Å². The van der Waals surface area contributed by atoms with Gasteiger partial charge in [0.15, 0.2) is 0 Å². The largest absolute Gasteiger partial charge is 0.508 e. The molecule has 0 amide bonds. The zero-order chi connectivity index (χ0) is 20.3. The maximum atomic E-state index is 13.3. The number of phenolic OH excluding ortho intramolecular Hbond substituents is 1. The smallest absolute Gasteiger partial charge is 0.348 e. The number of ether oxygens (including phenoxy) is 1. The van der Waals surface area contributed by atoms with Crippen LogP contribution in [0.3, 0.4) is 0 Å². The van der Waals surface area contributed by atoms with Crippen LogP contribution in [0.2, 0.25) is 0 Å². The van der Waals surface area contributed by atoms with Gasteiger partial charge in [-0.25, -0.2) is 13.2 Å². The molecule has 0 saturated heterocycles. The molecule has 28 heavy (non-hydrogen) atoms. The lowest BCUT2D eigenvalue weighted by Gasteiger charge is -2.09. The second-order valence-corrected chi connectivity index (χ2v) is 9.82. The Balaban J connectivity index is 2.11. The molecule has 0 aliphatic rings. The van der Waals surface area contributed by atoms with Crippen LogP contribution < -0.4 is 0 Å². The number of aromatic hydroxyl groups is 1. The van der Waals surface area contributed by atoms with Gasteiger partial charge in [0.05, 0.1) is 20.6 Å². The molecule has 0 unspecified atom stereocenters. The molecule has 0 aliphatic carbocycles. The number of thiophene rings is 1. The fourth-order valence-corrected chi connectivity index (χ4v) is 6.61. The third-order valence-corrected chi connectivity index (χ3v) is 8.19. The van der Waals surface area contributed by atoms with Crippen molar-refractivity contribution in [3.63, 3.8) is 0 Å². The normalized spacial score (nSPS) is 11.4. The van der Waals surface area contributed by atoms with E-state index in [1.54, 1.807) is 13.2 Å². The molecular weight excluding hydrogens is 416 g/mol. The van der Waals surface area contributed by atoms with Gasteiger partial charge in [-0.3, -0.25) is 0 Å².